The normalized spacial score (nSPS) is 18.0. The lowest BCUT2D eigenvalue weighted by Crippen LogP contribution is -2.41. The third kappa shape index (κ3) is 3.69. The minimum Gasteiger partial charge on any atom is -0.399 e. The van der Waals surface area contributed by atoms with Crippen molar-refractivity contribution in [2.45, 2.75) is 43.8 Å². The molecule has 7 nitrogen and oxygen atoms in total. The number of primary sulfonamides is 1. The zero-order valence-corrected chi connectivity index (χ0v) is 18.2. The smallest absolute Gasteiger partial charge is 0.399 e. The number of nitrogens with two attached hydrogens (primary N) is 1. The summed E-state index contributed by atoms with van der Waals surface area (Å²) in [7, 11) is -4.29. The molecule has 1 saturated heterocycles. The zero-order chi connectivity index (χ0) is 21.7. The maximum absolute atomic E-state index is 11.7. The van der Waals surface area contributed by atoms with Gasteiger partial charge in [-0.15, -0.1) is 0 Å². The fraction of sp³-hybridized carbons (Fsp3) is 0.286. The summed E-state index contributed by atoms with van der Waals surface area (Å²) in [5, 5.41) is 10.2. The molecule has 1 aliphatic heterocycles. The van der Waals surface area contributed by atoms with E-state index in [1.165, 1.54) is 12.1 Å². The van der Waals surface area contributed by atoms with Gasteiger partial charge in [0.05, 0.1) is 16.1 Å². The predicted octanol–water partition coefficient (Wildman–Crippen LogP) is 2.93. The third-order valence-electron chi connectivity index (χ3n) is 5.77. The van der Waals surface area contributed by atoms with Crippen LogP contribution in [0.25, 0.3) is 10.8 Å². The Morgan fingerprint density at radius 1 is 0.967 bits per heavy atom. The van der Waals surface area contributed by atoms with Gasteiger partial charge in [-0.2, -0.15) is 0 Å². The van der Waals surface area contributed by atoms with Gasteiger partial charge in [0.25, 0.3) is 0 Å². The van der Waals surface area contributed by atoms with Crippen LogP contribution in [0, 0.1) is 0 Å². The average molecular weight is 425 g/mol. The second kappa shape index (κ2) is 7.06. The van der Waals surface area contributed by atoms with E-state index in [-0.39, 0.29) is 4.90 Å². The Hall–Kier alpha value is -2.46. The highest BCUT2D eigenvalue weighted by atomic mass is 32.2. The van der Waals surface area contributed by atoms with Gasteiger partial charge in [-0.3, -0.25) is 0 Å². The van der Waals surface area contributed by atoms with Gasteiger partial charge in [0.1, 0.15) is 5.82 Å². The summed E-state index contributed by atoms with van der Waals surface area (Å²) in [6.07, 6.45) is 1.70. The number of anilines is 2. The van der Waals surface area contributed by atoms with Crippen LogP contribution in [-0.4, -0.2) is 31.7 Å². The Kier molecular flexibility index (Phi) is 4.89. The first-order chi connectivity index (χ1) is 14.0. The van der Waals surface area contributed by atoms with E-state index < -0.39 is 28.3 Å². The summed E-state index contributed by atoms with van der Waals surface area (Å²) in [6.45, 7) is 8.08. The minimum absolute atomic E-state index is 0.0330. The van der Waals surface area contributed by atoms with Gasteiger partial charge < -0.3 is 14.6 Å². The monoisotopic (exact) mass is 425 g/mol. The van der Waals surface area contributed by atoms with Gasteiger partial charge in [-0.05, 0) is 62.8 Å². The quantitative estimate of drug-likeness (QED) is 0.623. The van der Waals surface area contributed by atoms with E-state index in [9.17, 15) is 8.42 Å². The number of fused-ring (bicyclic) bond motifs is 1. The van der Waals surface area contributed by atoms with Crippen LogP contribution >= 0.6 is 0 Å². The van der Waals surface area contributed by atoms with Gasteiger partial charge in [0.15, 0.2) is 0 Å². The predicted molar refractivity (Wildman–Crippen MR) is 119 cm³/mol. The summed E-state index contributed by atoms with van der Waals surface area (Å²) in [6, 6.07) is 14.1. The number of hydrogen-bond donors (Lipinski definition) is 2. The molecule has 0 atom stereocenters. The Morgan fingerprint density at radius 3 is 2.30 bits per heavy atom. The van der Waals surface area contributed by atoms with Crippen molar-refractivity contribution in [2.75, 3.05) is 5.32 Å². The number of pyridine rings is 1. The second-order valence-electron chi connectivity index (χ2n) is 8.39. The number of nitrogens with one attached hydrogen (secondary N) is 1. The lowest BCUT2D eigenvalue weighted by molar-refractivity contribution is 0.00578. The lowest BCUT2D eigenvalue weighted by atomic mass is 9.76. The Labute approximate surface area is 176 Å². The zero-order valence-electron chi connectivity index (χ0n) is 17.3. The fourth-order valence-corrected chi connectivity index (χ4v) is 3.95. The number of aromatic nitrogens is 1. The molecular weight excluding hydrogens is 401 g/mol. The van der Waals surface area contributed by atoms with Crippen LogP contribution in [0.2, 0.25) is 0 Å². The van der Waals surface area contributed by atoms with Crippen LogP contribution in [0.1, 0.15) is 27.7 Å². The molecule has 0 unspecified atom stereocenters. The SMILES string of the molecule is CC1(C)OB(c2cccc3c(Nc4cccc(S(N)(=O)=O)c4)nccc23)OC1(C)C. The first-order valence-corrected chi connectivity index (χ1v) is 11.2. The molecule has 0 aliphatic carbocycles. The Morgan fingerprint density at radius 2 is 1.63 bits per heavy atom. The molecule has 0 saturated carbocycles. The highest BCUT2D eigenvalue weighted by molar-refractivity contribution is 7.89. The molecule has 4 rings (SSSR count). The standard InChI is InChI=1S/C21H24BN3O4S/c1-20(2)21(3,4)29-22(28-20)18-10-6-9-17-16(18)11-12-24-19(17)25-14-7-5-8-15(13-14)30(23,26)27/h5-13H,1-4H3,(H,24,25)(H2,23,26,27). The van der Waals surface area contributed by atoms with Crippen LogP contribution in [0.3, 0.4) is 0 Å². The summed E-state index contributed by atoms with van der Waals surface area (Å²) in [4.78, 5) is 4.48. The van der Waals surface area contributed by atoms with E-state index >= 15 is 0 Å². The summed E-state index contributed by atoms with van der Waals surface area (Å²) >= 11 is 0. The molecule has 3 aromatic rings. The average Bonchev–Trinajstić information content (AvgIpc) is 2.88. The van der Waals surface area contributed by atoms with Crippen LogP contribution in [0.4, 0.5) is 11.5 Å². The Bertz CT molecular complexity index is 1210. The van der Waals surface area contributed by atoms with E-state index in [0.717, 1.165) is 16.2 Å². The molecule has 0 bridgehead atoms. The highest BCUT2D eigenvalue weighted by Gasteiger charge is 2.52. The van der Waals surface area contributed by atoms with Gasteiger partial charge in [0.2, 0.25) is 10.0 Å². The molecule has 2 aromatic carbocycles. The molecule has 0 spiro atoms. The van der Waals surface area contributed by atoms with Crippen molar-refractivity contribution in [3.8, 4) is 0 Å². The summed E-state index contributed by atoms with van der Waals surface area (Å²) < 4.78 is 35.8. The van der Waals surface area contributed by atoms with E-state index in [0.29, 0.717) is 11.5 Å². The third-order valence-corrected chi connectivity index (χ3v) is 6.68. The Balaban J connectivity index is 1.74. The molecule has 0 radical (unpaired) electrons. The maximum atomic E-state index is 11.7. The summed E-state index contributed by atoms with van der Waals surface area (Å²) in [5.74, 6) is 0.595. The van der Waals surface area contributed by atoms with Gasteiger partial charge in [-0.25, -0.2) is 18.5 Å². The molecule has 1 fully saturated rings. The van der Waals surface area contributed by atoms with Gasteiger partial charge in [-0.1, -0.05) is 24.3 Å². The molecule has 0 amide bonds. The van der Waals surface area contributed by atoms with E-state index in [2.05, 4.69) is 10.3 Å². The van der Waals surface area contributed by atoms with Crippen molar-refractivity contribution in [3.63, 3.8) is 0 Å². The van der Waals surface area contributed by atoms with Gasteiger partial charge >= 0.3 is 7.12 Å². The lowest BCUT2D eigenvalue weighted by Gasteiger charge is -2.32. The van der Waals surface area contributed by atoms with E-state index in [1.54, 1.807) is 18.3 Å². The second-order valence-corrected chi connectivity index (χ2v) is 9.95. The molecular formula is C21H24BN3O4S. The molecule has 2 heterocycles. The van der Waals surface area contributed by atoms with Crippen molar-refractivity contribution in [3.05, 3.63) is 54.7 Å². The van der Waals surface area contributed by atoms with E-state index in [1.807, 2.05) is 52.0 Å². The number of hydrogen-bond acceptors (Lipinski definition) is 6. The molecule has 3 N–H and O–H groups in total. The number of nitrogens with zero attached hydrogens (tertiary/aromatic N) is 1. The van der Waals surface area contributed by atoms with Crippen LogP contribution in [-0.2, 0) is 19.3 Å². The van der Waals surface area contributed by atoms with Crippen molar-refractivity contribution in [1.29, 1.82) is 0 Å². The van der Waals surface area contributed by atoms with Crippen LogP contribution in [0.5, 0.6) is 0 Å². The summed E-state index contributed by atoms with van der Waals surface area (Å²) in [5.41, 5.74) is 0.599. The molecule has 1 aliphatic rings. The van der Waals surface area contributed by atoms with Gasteiger partial charge in [0, 0.05) is 17.3 Å². The van der Waals surface area contributed by atoms with E-state index in [4.69, 9.17) is 14.4 Å². The maximum Gasteiger partial charge on any atom is 0.495 e. The van der Waals surface area contributed by atoms with Crippen molar-refractivity contribution in [2.24, 2.45) is 5.14 Å². The molecule has 156 valence electrons. The topological polar surface area (TPSA) is 104 Å². The van der Waals surface area contributed by atoms with Crippen LogP contribution < -0.4 is 15.9 Å². The van der Waals surface area contributed by atoms with Crippen molar-refractivity contribution < 1.29 is 17.7 Å². The minimum atomic E-state index is -3.79. The van der Waals surface area contributed by atoms with Crippen molar-refractivity contribution >= 4 is 44.9 Å². The molecule has 1 aromatic heterocycles. The fourth-order valence-electron chi connectivity index (χ4n) is 3.39. The molecule has 30 heavy (non-hydrogen) atoms. The first-order valence-electron chi connectivity index (χ1n) is 9.61. The number of rotatable bonds is 4. The number of benzene rings is 2. The largest absolute Gasteiger partial charge is 0.495 e. The number of sulfonamides is 1. The molecule has 9 heteroatoms. The first kappa shape index (κ1) is 20.8. The van der Waals surface area contributed by atoms with Crippen molar-refractivity contribution in [1.82, 2.24) is 4.98 Å². The highest BCUT2D eigenvalue weighted by Crippen LogP contribution is 2.37. The van der Waals surface area contributed by atoms with Crippen LogP contribution in [0.15, 0.2) is 59.6 Å².